The van der Waals surface area contributed by atoms with Gasteiger partial charge in [-0.15, -0.1) is 0 Å². The van der Waals surface area contributed by atoms with Crippen LogP contribution in [0.25, 0.3) is 0 Å². The topological polar surface area (TPSA) is 46.2 Å². The van der Waals surface area contributed by atoms with Gasteiger partial charge < -0.3 is 23.7 Å². The molecule has 3 aromatic rings. The van der Waals surface area contributed by atoms with E-state index < -0.39 is 6.29 Å². The second-order valence-corrected chi connectivity index (χ2v) is 10.4. The van der Waals surface area contributed by atoms with Crippen molar-refractivity contribution < 1.29 is 23.7 Å². The lowest BCUT2D eigenvalue weighted by atomic mass is 9.90. The molecular weight excluding hydrogens is 476 g/mol. The van der Waals surface area contributed by atoms with Crippen LogP contribution in [0.3, 0.4) is 0 Å². The number of benzene rings is 3. The number of ether oxygens (including phenoxy) is 5. The first-order chi connectivity index (χ1) is 18.8. The molecule has 2 aliphatic rings. The highest BCUT2D eigenvalue weighted by Crippen LogP contribution is 2.32. The van der Waals surface area contributed by atoms with Crippen LogP contribution in [0.2, 0.25) is 0 Å². The minimum atomic E-state index is -0.494. The Morgan fingerprint density at radius 3 is 1.66 bits per heavy atom. The van der Waals surface area contributed by atoms with Crippen molar-refractivity contribution in [2.75, 3.05) is 13.2 Å². The van der Waals surface area contributed by atoms with Crippen LogP contribution in [0.5, 0.6) is 0 Å². The summed E-state index contributed by atoms with van der Waals surface area (Å²) in [6.07, 6.45) is 4.89. The molecule has 38 heavy (non-hydrogen) atoms. The lowest BCUT2D eigenvalue weighted by Crippen LogP contribution is -2.40. The van der Waals surface area contributed by atoms with Gasteiger partial charge in [0.05, 0.1) is 33.0 Å². The van der Waals surface area contributed by atoms with E-state index in [1.807, 2.05) is 54.6 Å². The van der Waals surface area contributed by atoms with Crippen LogP contribution < -0.4 is 0 Å². The van der Waals surface area contributed by atoms with Crippen molar-refractivity contribution in [3.63, 3.8) is 0 Å². The predicted octanol–water partition coefficient (Wildman–Crippen LogP) is 6.70. The lowest BCUT2D eigenvalue weighted by molar-refractivity contribution is -0.191. The molecule has 3 aromatic carbocycles. The normalized spacial score (nSPS) is 24.0. The fraction of sp³-hybridized carbons (Fsp3) is 0.455. The molecule has 2 fully saturated rings. The second kappa shape index (κ2) is 14.6. The zero-order valence-electron chi connectivity index (χ0n) is 22.2. The van der Waals surface area contributed by atoms with E-state index in [1.165, 1.54) is 32.1 Å². The van der Waals surface area contributed by atoms with E-state index in [0.717, 1.165) is 16.7 Å². The molecule has 5 nitrogen and oxygen atoms in total. The van der Waals surface area contributed by atoms with Gasteiger partial charge in [-0.1, -0.05) is 110 Å². The first-order valence-electron chi connectivity index (χ1n) is 14.0. The van der Waals surface area contributed by atoms with Gasteiger partial charge in [0.1, 0.15) is 18.3 Å². The van der Waals surface area contributed by atoms with Gasteiger partial charge in [-0.25, -0.2) is 0 Å². The third-order valence-electron chi connectivity index (χ3n) is 7.45. The first-order valence-corrected chi connectivity index (χ1v) is 14.0. The van der Waals surface area contributed by atoms with E-state index in [-0.39, 0.29) is 18.3 Å². The Balaban J connectivity index is 1.28. The van der Waals surface area contributed by atoms with E-state index in [9.17, 15) is 0 Å². The molecule has 0 unspecified atom stereocenters. The molecule has 1 heterocycles. The highest BCUT2D eigenvalue weighted by molar-refractivity contribution is 5.15. The van der Waals surface area contributed by atoms with Crippen LogP contribution in [-0.4, -0.2) is 37.8 Å². The summed E-state index contributed by atoms with van der Waals surface area (Å²) >= 11 is 0. The summed E-state index contributed by atoms with van der Waals surface area (Å²) in [6.45, 7) is 2.57. The van der Waals surface area contributed by atoms with Gasteiger partial charge >= 0.3 is 0 Å². The third kappa shape index (κ3) is 7.98. The minimum Gasteiger partial charge on any atom is -0.374 e. The van der Waals surface area contributed by atoms with Gasteiger partial charge in [-0.2, -0.15) is 0 Å². The summed E-state index contributed by atoms with van der Waals surface area (Å²) in [7, 11) is 0. The molecule has 0 bridgehead atoms. The Morgan fingerprint density at radius 1 is 0.553 bits per heavy atom. The average molecular weight is 517 g/mol. The Labute approximate surface area is 227 Å². The van der Waals surface area contributed by atoms with Gasteiger partial charge in [0.2, 0.25) is 0 Å². The predicted molar refractivity (Wildman–Crippen MR) is 147 cm³/mol. The first kappa shape index (κ1) is 27.0. The highest BCUT2D eigenvalue weighted by atomic mass is 16.7. The summed E-state index contributed by atoms with van der Waals surface area (Å²) in [4.78, 5) is 0. The minimum absolute atomic E-state index is 0.292. The maximum absolute atomic E-state index is 6.52. The monoisotopic (exact) mass is 516 g/mol. The van der Waals surface area contributed by atoms with Crippen molar-refractivity contribution in [1.82, 2.24) is 0 Å². The summed E-state index contributed by atoms with van der Waals surface area (Å²) in [5.41, 5.74) is 3.36. The maximum Gasteiger partial charge on any atom is 0.186 e. The standard InChI is InChI=1S/C33H40O5/c1-5-13-26(14-6-1)21-34-25-30-31(35-22-27-15-7-2-8-16-27)32(36-23-28-17-9-3-10-18-28)33(38-30)37-24-29-19-11-4-12-20-29/h1-3,5-10,13-18,29-33H,4,11-12,19-25H2/t30-,31-,32-,33-/m1/s1. The van der Waals surface area contributed by atoms with Crippen LogP contribution in [0.4, 0.5) is 0 Å². The molecule has 0 N–H and O–H groups in total. The average Bonchev–Trinajstić information content (AvgIpc) is 3.32. The summed E-state index contributed by atoms with van der Waals surface area (Å²) < 4.78 is 32.1. The molecule has 1 aliphatic carbocycles. The Morgan fingerprint density at radius 2 is 1.08 bits per heavy atom. The van der Waals surface area contributed by atoms with Crippen molar-refractivity contribution in [3.8, 4) is 0 Å². The van der Waals surface area contributed by atoms with Crippen molar-refractivity contribution in [2.45, 2.75) is 76.5 Å². The molecule has 4 atom stereocenters. The summed E-state index contributed by atoms with van der Waals surface area (Å²) in [5, 5.41) is 0. The van der Waals surface area contributed by atoms with Crippen molar-refractivity contribution in [3.05, 3.63) is 108 Å². The number of hydrogen-bond donors (Lipinski definition) is 0. The van der Waals surface area contributed by atoms with E-state index >= 15 is 0 Å². The van der Waals surface area contributed by atoms with Gasteiger partial charge in [0.15, 0.2) is 6.29 Å². The molecule has 0 radical (unpaired) electrons. The van der Waals surface area contributed by atoms with Crippen LogP contribution >= 0.6 is 0 Å². The third-order valence-corrected chi connectivity index (χ3v) is 7.45. The van der Waals surface area contributed by atoms with Gasteiger partial charge in [0, 0.05) is 0 Å². The second-order valence-electron chi connectivity index (χ2n) is 10.4. The van der Waals surface area contributed by atoms with Crippen molar-refractivity contribution in [2.24, 2.45) is 5.92 Å². The van der Waals surface area contributed by atoms with Crippen molar-refractivity contribution in [1.29, 1.82) is 0 Å². The molecule has 5 heteroatoms. The Kier molecular flexibility index (Phi) is 10.4. The van der Waals surface area contributed by atoms with Gasteiger partial charge in [-0.05, 0) is 35.4 Å². The molecule has 5 rings (SSSR count). The Bertz CT molecular complexity index is 1040. The van der Waals surface area contributed by atoms with Gasteiger partial charge in [0.25, 0.3) is 0 Å². The van der Waals surface area contributed by atoms with Crippen LogP contribution in [0.1, 0.15) is 48.8 Å². The number of hydrogen-bond acceptors (Lipinski definition) is 5. The zero-order valence-corrected chi connectivity index (χ0v) is 22.2. The Hall–Kier alpha value is -2.54. The fourth-order valence-corrected chi connectivity index (χ4v) is 5.32. The molecular formula is C33H40O5. The smallest absolute Gasteiger partial charge is 0.186 e. The SMILES string of the molecule is c1ccc(COC[C@H]2O[C@@H](OCC3CCCCC3)[C@H](OCc3ccccc3)[C@@H]2OCc2ccccc2)cc1. The maximum atomic E-state index is 6.52. The molecule has 0 aromatic heterocycles. The quantitative estimate of drug-likeness (QED) is 0.253. The molecule has 202 valence electrons. The lowest BCUT2D eigenvalue weighted by Gasteiger charge is -2.27. The molecule has 0 amide bonds. The molecule has 1 aliphatic heterocycles. The van der Waals surface area contributed by atoms with Crippen LogP contribution in [0, 0.1) is 5.92 Å². The van der Waals surface area contributed by atoms with Crippen LogP contribution in [-0.2, 0) is 43.5 Å². The van der Waals surface area contributed by atoms with E-state index in [2.05, 4.69) is 36.4 Å². The summed E-state index contributed by atoms with van der Waals surface area (Å²) in [5.74, 6) is 0.583. The highest BCUT2D eigenvalue weighted by Gasteiger charge is 2.47. The van der Waals surface area contributed by atoms with E-state index in [0.29, 0.717) is 39.0 Å². The molecule has 1 saturated carbocycles. The van der Waals surface area contributed by atoms with Crippen LogP contribution in [0.15, 0.2) is 91.0 Å². The van der Waals surface area contributed by atoms with Crippen molar-refractivity contribution >= 4 is 0 Å². The largest absolute Gasteiger partial charge is 0.374 e. The van der Waals surface area contributed by atoms with E-state index in [1.54, 1.807) is 0 Å². The zero-order chi connectivity index (χ0) is 25.8. The molecule has 1 saturated heterocycles. The fourth-order valence-electron chi connectivity index (χ4n) is 5.32. The molecule has 0 spiro atoms. The van der Waals surface area contributed by atoms with Gasteiger partial charge in [-0.3, -0.25) is 0 Å². The number of rotatable bonds is 13. The van der Waals surface area contributed by atoms with E-state index in [4.69, 9.17) is 23.7 Å². The summed E-state index contributed by atoms with van der Waals surface area (Å²) in [6, 6.07) is 30.7.